The molecule has 1 aromatic heterocycles. The highest BCUT2D eigenvalue weighted by molar-refractivity contribution is 6.30. The van der Waals surface area contributed by atoms with Crippen LogP contribution in [-0.2, 0) is 11.3 Å². The van der Waals surface area contributed by atoms with Gasteiger partial charge in [0.05, 0.1) is 5.56 Å². The number of tetrazole rings is 1. The van der Waals surface area contributed by atoms with E-state index in [-0.39, 0.29) is 30.4 Å². The summed E-state index contributed by atoms with van der Waals surface area (Å²) in [6.45, 7) is 5.99. The van der Waals surface area contributed by atoms with E-state index in [0.717, 1.165) is 12.1 Å². The van der Waals surface area contributed by atoms with E-state index < -0.39 is 0 Å². The molecule has 10 heteroatoms. The van der Waals surface area contributed by atoms with Gasteiger partial charge >= 0.3 is 0 Å². The zero-order valence-corrected chi connectivity index (χ0v) is 18.6. The fourth-order valence-corrected chi connectivity index (χ4v) is 4.05. The molecule has 1 fully saturated rings. The molecule has 1 aliphatic rings. The average Bonchev–Trinajstić information content (AvgIpc) is 3.30. The van der Waals surface area contributed by atoms with Crippen LogP contribution in [0.2, 0.25) is 5.02 Å². The fraction of sp³-hybridized carbons (Fsp3) is 0.364. The van der Waals surface area contributed by atoms with Gasteiger partial charge in [0.25, 0.3) is 5.91 Å². The second-order valence-electron chi connectivity index (χ2n) is 7.96. The lowest BCUT2D eigenvalue weighted by molar-refractivity contribution is -0.139. The molecule has 32 heavy (non-hydrogen) atoms. The van der Waals surface area contributed by atoms with E-state index in [0.29, 0.717) is 35.2 Å². The first-order valence-corrected chi connectivity index (χ1v) is 10.7. The molecule has 2 unspecified atom stereocenters. The number of carbonyl (C=O) groups excluding carboxylic acids is 1. The van der Waals surface area contributed by atoms with Crippen LogP contribution in [0.3, 0.4) is 0 Å². The second kappa shape index (κ2) is 9.62. The third-order valence-corrected chi connectivity index (χ3v) is 5.85. The summed E-state index contributed by atoms with van der Waals surface area (Å²) in [5, 5.41) is 14.4. The van der Waals surface area contributed by atoms with Crippen LogP contribution < -0.4 is 4.74 Å². The van der Waals surface area contributed by atoms with Crippen LogP contribution in [0.15, 0.2) is 42.5 Å². The molecule has 0 radical (unpaired) electrons. The van der Waals surface area contributed by atoms with Gasteiger partial charge in [-0.05, 0) is 55.0 Å². The van der Waals surface area contributed by atoms with Crippen LogP contribution in [0.4, 0.5) is 4.39 Å². The number of benzene rings is 2. The Morgan fingerprint density at radius 1 is 1.19 bits per heavy atom. The van der Waals surface area contributed by atoms with Crippen LogP contribution in [0.5, 0.6) is 5.75 Å². The number of piperazine rings is 1. The predicted molar refractivity (Wildman–Crippen MR) is 118 cm³/mol. The number of aromatic nitrogens is 4. The highest BCUT2D eigenvalue weighted by atomic mass is 35.5. The van der Waals surface area contributed by atoms with Gasteiger partial charge in [-0.1, -0.05) is 23.7 Å². The van der Waals surface area contributed by atoms with Crippen molar-refractivity contribution in [3.63, 3.8) is 0 Å². The van der Waals surface area contributed by atoms with E-state index in [4.69, 9.17) is 16.3 Å². The van der Waals surface area contributed by atoms with Crippen LogP contribution >= 0.6 is 11.6 Å². The Balaban J connectivity index is 1.38. The Morgan fingerprint density at radius 3 is 2.69 bits per heavy atom. The van der Waals surface area contributed by atoms with Crippen molar-refractivity contribution >= 4 is 17.5 Å². The average molecular weight is 459 g/mol. The normalized spacial score (nSPS) is 19.2. The number of hydrogen-bond donors (Lipinski definition) is 1. The third kappa shape index (κ3) is 5.05. The van der Waals surface area contributed by atoms with Gasteiger partial charge in [0.15, 0.2) is 6.61 Å². The number of H-pyrrole nitrogens is 1. The lowest BCUT2D eigenvalue weighted by Gasteiger charge is -2.44. The molecule has 2 atom stereocenters. The van der Waals surface area contributed by atoms with Crippen molar-refractivity contribution in [2.75, 3.05) is 19.7 Å². The monoisotopic (exact) mass is 458 g/mol. The minimum Gasteiger partial charge on any atom is -0.483 e. The second-order valence-corrected chi connectivity index (χ2v) is 8.40. The molecule has 3 aromatic rings. The third-order valence-electron chi connectivity index (χ3n) is 5.62. The highest BCUT2D eigenvalue weighted by Gasteiger charge is 2.32. The maximum atomic E-state index is 13.2. The molecule has 1 N–H and O–H groups in total. The minimum atomic E-state index is -0.243. The lowest BCUT2D eigenvalue weighted by Crippen LogP contribution is -2.58. The maximum Gasteiger partial charge on any atom is 0.260 e. The molecule has 1 aliphatic heterocycles. The molecule has 1 saturated heterocycles. The van der Waals surface area contributed by atoms with E-state index in [2.05, 4.69) is 32.4 Å². The summed E-state index contributed by atoms with van der Waals surface area (Å²) in [5.74, 6) is 0.431. The van der Waals surface area contributed by atoms with Gasteiger partial charge in [-0.15, -0.1) is 10.2 Å². The first-order chi connectivity index (χ1) is 15.4. The number of nitrogens with one attached hydrogen (secondary N) is 1. The molecule has 168 valence electrons. The van der Waals surface area contributed by atoms with Crippen LogP contribution in [0.25, 0.3) is 11.4 Å². The molecule has 0 saturated carbocycles. The Labute approximate surface area is 190 Å². The van der Waals surface area contributed by atoms with Gasteiger partial charge in [0.1, 0.15) is 11.6 Å². The molecular formula is C22H24ClFN6O2. The van der Waals surface area contributed by atoms with E-state index in [1.54, 1.807) is 30.3 Å². The summed E-state index contributed by atoms with van der Waals surface area (Å²) in [7, 11) is 0. The largest absolute Gasteiger partial charge is 0.483 e. The zero-order chi connectivity index (χ0) is 22.7. The van der Waals surface area contributed by atoms with Gasteiger partial charge in [-0.2, -0.15) is 5.21 Å². The smallest absolute Gasteiger partial charge is 0.260 e. The number of ether oxygens (including phenoxy) is 1. The Morgan fingerprint density at radius 2 is 1.97 bits per heavy atom. The molecular weight excluding hydrogens is 435 g/mol. The van der Waals surface area contributed by atoms with Gasteiger partial charge in [0.2, 0.25) is 5.82 Å². The zero-order valence-electron chi connectivity index (χ0n) is 17.8. The molecule has 0 spiro atoms. The van der Waals surface area contributed by atoms with Crippen LogP contribution in [0, 0.1) is 5.82 Å². The molecule has 2 aromatic carbocycles. The SMILES string of the molecule is CC1CN(C(=O)COc2cc(Cl)ccc2-c2nn[nH]n2)C(C)CN1Cc1ccc(F)cc1. The lowest BCUT2D eigenvalue weighted by atomic mass is 10.1. The summed E-state index contributed by atoms with van der Waals surface area (Å²) in [6, 6.07) is 11.8. The molecule has 8 nitrogen and oxygen atoms in total. The first-order valence-electron chi connectivity index (χ1n) is 10.3. The Bertz CT molecular complexity index is 1060. The number of nitrogens with zero attached hydrogens (tertiary/aromatic N) is 5. The summed E-state index contributed by atoms with van der Waals surface area (Å²) in [5.41, 5.74) is 1.64. The Kier molecular flexibility index (Phi) is 6.66. The van der Waals surface area contributed by atoms with Crippen molar-refractivity contribution in [2.45, 2.75) is 32.5 Å². The van der Waals surface area contributed by atoms with E-state index >= 15 is 0 Å². The number of hydrogen-bond acceptors (Lipinski definition) is 6. The van der Waals surface area contributed by atoms with Gasteiger partial charge in [-0.25, -0.2) is 4.39 Å². The summed E-state index contributed by atoms with van der Waals surface area (Å²) in [6.07, 6.45) is 0. The van der Waals surface area contributed by atoms with Crippen molar-refractivity contribution < 1.29 is 13.9 Å². The van der Waals surface area contributed by atoms with Gasteiger partial charge in [0, 0.05) is 36.7 Å². The number of halogens is 2. The Hall–Kier alpha value is -3.04. The molecule has 0 bridgehead atoms. The molecule has 0 aliphatic carbocycles. The number of amides is 1. The van der Waals surface area contributed by atoms with Crippen molar-refractivity contribution in [1.82, 2.24) is 30.4 Å². The number of rotatable bonds is 6. The van der Waals surface area contributed by atoms with Crippen molar-refractivity contribution in [3.05, 3.63) is 58.9 Å². The number of aromatic amines is 1. The molecule has 1 amide bonds. The fourth-order valence-electron chi connectivity index (χ4n) is 3.89. The molecule has 2 heterocycles. The number of carbonyl (C=O) groups is 1. The standard InChI is InChI=1S/C22H24ClFN6O2/c1-14-11-30(15(2)10-29(14)12-16-3-6-18(24)7-4-16)21(31)13-32-20-9-17(23)5-8-19(20)22-25-27-28-26-22/h3-9,14-15H,10-13H2,1-2H3,(H,25,26,27,28). The van der Waals surface area contributed by atoms with Crippen LogP contribution in [-0.4, -0.2) is 68.1 Å². The van der Waals surface area contributed by atoms with E-state index in [1.807, 2.05) is 11.8 Å². The van der Waals surface area contributed by atoms with Crippen molar-refractivity contribution in [1.29, 1.82) is 0 Å². The highest BCUT2D eigenvalue weighted by Crippen LogP contribution is 2.30. The summed E-state index contributed by atoms with van der Waals surface area (Å²) < 4.78 is 19.0. The van der Waals surface area contributed by atoms with Crippen molar-refractivity contribution in [3.8, 4) is 17.1 Å². The van der Waals surface area contributed by atoms with Crippen LogP contribution in [0.1, 0.15) is 19.4 Å². The quantitative estimate of drug-likeness (QED) is 0.610. The first kappa shape index (κ1) is 22.2. The summed E-state index contributed by atoms with van der Waals surface area (Å²) in [4.78, 5) is 17.1. The topological polar surface area (TPSA) is 87.2 Å². The summed E-state index contributed by atoms with van der Waals surface area (Å²) >= 11 is 6.11. The van der Waals surface area contributed by atoms with Crippen molar-refractivity contribution in [2.24, 2.45) is 0 Å². The van der Waals surface area contributed by atoms with E-state index in [9.17, 15) is 9.18 Å². The maximum absolute atomic E-state index is 13.2. The van der Waals surface area contributed by atoms with Gasteiger partial charge in [-0.3, -0.25) is 9.69 Å². The van der Waals surface area contributed by atoms with Gasteiger partial charge < -0.3 is 9.64 Å². The predicted octanol–water partition coefficient (Wildman–Crippen LogP) is 3.16. The molecule has 4 rings (SSSR count). The minimum absolute atomic E-state index is 0.0128. The van der Waals surface area contributed by atoms with E-state index in [1.165, 1.54) is 12.1 Å².